The van der Waals surface area contributed by atoms with E-state index in [1.807, 2.05) is 25.4 Å². The Morgan fingerprint density at radius 3 is 2.30 bits per heavy atom. The molecule has 0 bridgehead atoms. The molecule has 3 amide bonds. The summed E-state index contributed by atoms with van der Waals surface area (Å²) in [6.07, 6.45) is 6.02. The number of benzene rings is 2. The van der Waals surface area contributed by atoms with Crippen LogP contribution >= 0.6 is 0 Å². The molecule has 44 heavy (non-hydrogen) atoms. The Balaban J connectivity index is 1.03. The number of carbonyl (C=O) groups is 2. The summed E-state index contributed by atoms with van der Waals surface area (Å²) in [6.45, 7) is 7.05. The first-order valence-electron chi connectivity index (χ1n) is 15.1. The number of imide groups is 1. The Morgan fingerprint density at radius 2 is 1.68 bits per heavy atom. The summed E-state index contributed by atoms with van der Waals surface area (Å²) in [6, 6.07) is 11.0. The van der Waals surface area contributed by atoms with E-state index in [-0.39, 0.29) is 23.4 Å². The number of piperazine rings is 1. The molecule has 6 rings (SSSR count). The summed E-state index contributed by atoms with van der Waals surface area (Å²) in [5, 5.41) is 18.4. The van der Waals surface area contributed by atoms with Gasteiger partial charge in [-0.1, -0.05) is 0 Å². The average Bonchev–Trinajstić information content (AvgIpc) is 3.47. The number of methoxy groups -OCH3 is 1. The molecule has 1 aromatic heterocycles. The van der Waals surface area contributed by atoms with Crippen molar-refractivity contribution in [2.75, 3.05) is 74.2 Å². The van der Waals surface area contributed by atoms with E-state index in [1.165, 1.54) is 7.11 Å². The zero-order chi connectivity index (χ0) is 30.8. The van der Waals surface area contributed by atoms with Crippen LogP contribution in [0.1, 0.15) is 19.3 Å². The Morgan fingerprint density at radius 1 is 0.977 bits per heavy atom. The first-order chi connectivity index (χ1) is 21.3. The summed E-state index contributed by atoms with van der Waals surface area (Å²) in [5.74, 6) is 0.619. The molecular formula is C31H38N8O5. The summed E-state index contributed by atoms with van der Waals surface area (Å²) >= 11 is 0. The number of hydrogen-bond donors (Lipinski definition) is 1. The van der Waals surface area contributed by atoms with Gasteiger partial charge >= 0.3 is 11.7 Å². The van der Waals surface area contributed by atoms with E-state index >= 15 is 0 Å². The lowest BCUT2D eigenvalue weighted by Gasteiger charge is -2.40. The molecule has 3 fully saturated rings. The number of nitro benzene ring substituents is 1. The van der Waals surface area contributed by atoms with Crippen LogP contribution in [0.15, 0.2) is 48.8 Å². The standard InChI is InChI=1S/C31H38N8O5/c1-34-21-23(19-32-34)26-17-28(39(42)43)29(44-2)18-27(26)37-10-7-22(8-11-37)20-35-13-15-36(16-14-35)24-3-5-25(6-4-24)38-12-9-30(40)33-31(38)41/h3-6,17-19,21-22H,7-16,20H2,1-2H3,(H,33,40,41). The minimum Gasteiger partial charge on any atom is -0.490 e. The number of anilines is 3. The molecule has 3 aromatic rings. The van der Waals surface area contributed by atoms with Gasteiger partial charge in [0.25, 0.3) is 0 Å². The van der Waals surface area contributed by atoms with E-state index in [4.69, 9.17) is 4.74 Å². The van der Waals surface area contributed by atoms with E-state index in [0.29, 0.717) is 18.9 Å². The van der Waals surface area contributed by atoms with Gasteiger partial charge in [-0.15, -0.1) is 0 Å². The van der Waals surface area contributed by atoms with Crippen molar-refractivity contribution in [2.45, 2.75) is 19.3 Å². The maximum absolute atomic E-state index is 12.2. The van der Waals surface area contributed by atoms with Gasteiger partial charge in [-0.2, -0.15) is 5.10 Å². The fourth-order valence-electron chi connectivity index (χ4n) is 6.48. The van der Waals surface area contributed by atoms with E-state index in [1.54, 1.807) is 27.9 Å². The molecule has 0 atom stereocenters. The number of nitro groups is 1. The van der Waals surface area contributed by atoms with Gasteiger partial charge in [0.05, 0.1) is 18.2 Å². The average molecular weight is 603 g/mol. The van der Waals surface area contributed by atoms with E-state index in [2.05, 4.69) is 37.2 Å². The Labute approximate surface area is 256 Å². The van der Waals surface area contributed by atoms with Gasteiger partial charge in [0, 0.05) is 112 Å². The van der Waals surface area contributed by atoms with Gasteiger partial charge in [-0.05, 0) is 43.0 Å². The third-order valence-electron chi connectivity index (χ3n) is 8.93. The number of amides is 3. The summed E-state index contributed by atoms with van der Waals surface area (Å²) in [4.78, 5) is 43.8. The van der Waals surface area contributed by atoms with Crippen molar-refractivity contribution in [1.82, 2.24) is 20.0 Å². The normalized spacial score (nSPS) is 18.5. The molecule has 13 heteroatoms. The van der Waals surface area contributed by atoms with Gasteiger partial charge in [-0.25, -0.2) is 4.79 Å². The van der Waals surface area contributed by atoms with Crippen LogP contribution in [0.25, 0.3) is 11.1 Å². The van der Waals surface area contributed by atoms with Crippen molar-refractivity contribution in [3.8, 4) is 16.9 Å². The third-order valence-corrected chi connectivity index (χ3v) is 8.93. The Hall–Kier alpha value is -4.65. The zero-order valence-electron chi connectivity index (χ0n) is 25.1. The molecule has 232 valence electrons. The van der Waals surface area contributed by atoms with Crippen LogP contribution in [0, 0.1) is 16.0 Å². The summed E-state index contributed by atoms with van der Waals surface area (Å²) in [7, 11) is 3.31. The Bertz CT molecular complexity index is 1520. The second-order valence-corrected chi connectivity index (χ2v) is 11.7. The van der Waals surface area contributed by atoms with Gasteiger partial charge in [0.15, 0.2) is 5.75 Å². The van der Waals surface area contributed by atoms with Gasteiger partial charge in [0.2, 0.25) is 5.91 Å². The number of nitrogens with zero attached hydrogens (tertiary/aromatic N) is 7. The van der Waals surface area contributed by atoms with Crippen molar-refractivity contribution < 1.29 is 19.2 Å². The number of aromatic nitrogens is 2. The van der Waals surface area contributed by atoms with Gasteiger partial charge in [0.1, 0.15) is 0 Å². The Kier molecular flexibility index (Phi) is 8.38. The van der Waals surface area contributed by atoms with Crippen molar-refractivity contribution >= 4 is 34.7 Å². The topological polar surface area (TPSA) is 129 Å². The number of carbonyl (C=O) groups excluding carboxylic acids is 2. The first-order valence-corrected chi connectivity index (χ1v) is 15.1. The molecule has 1 N–H and O–H groups in total. The molecule has 0 radical (unpaired) electrons. The predicted octanol–water partition coefficient (Wildman–Crippen LogP) is 3.49. The molecule has 0 spiro atoms. The first kappa shape index (κ1) is 29.4. The fourth-order valence-corrected chi connectivity index (χ4v) is 6.48. The maximum Gasteiger partial charge on any atom is 0.328 e. The molecule has 0 aliphatic carbocycles. The van der Waals surface area contributed by atoms with Crippen LogP contribution in [0.2, 0.25) is 0 Å². The lowest BCUT2D eigenvalue weighted by Crippen LogP contribution is -2.49. The van der Waals surface area contributed by atoms with E-state index < -0.39 is 4.92 Å². The number of ether oxygens (including phenoxy) is 1. The fraction of sp³-hybridized carbons (Fsp3) is 0.452. The van der Waals surface area contributed by atoms with E-state index in [9.17, 15) is 19.7 Å². The second kappa shape index (κ2) is 12.5. The second-order valence-electron chi connectivity index (χ2n) is 11.7. The highest BCUT2D eigenvalue weighted by atomic mass is 16.6. The van der Waals surface area contributed by atoms with Crippen molar-refractivity contribution in [3.63, 3.8) is 0 Å². The molecule has 13 nitrogen and oxygen atoms in total. The molecule has 0 unspecified atom stereocenters. The number of nitrogens with one attached hydrogen (secondary N) is 1. The molecule has 4 heterocycles. The highest BCUT2D eigenvalue weighted by Gasteiger charge is 2.29. The molecule has 3 aliphatic heterocycles. The van der Waals surface area contributed by atoms with Gasteiger partial charge in [-0.3, -0.25) is 34.7 Å². The van der Waals surface area contributed by atoms with Crippen molar-refractivity contribution in [2.24, 2.45) is 13.0 Å². The summed E-state index contributed by atoms with van der Waals surface area (Å²) in [5.41, 5.74) is 4.46. The minimum atomic E-state index is -0.400. The number of rotatable bonds is 8. The van der Waals surface area contributed by atoms with Gasteiger partial charge < -0.3 is 14.5 Å². The molecule has 2 aromatic carbocycles. The molecule has 3 saturated heterocycles. The smallest absolute Gasteiger partial charge is 0.328 e. The quantitative estimate of drug-likeness (QED) is 0.304. The third kappa shape index (κ3) is 6.18. The van der Waals surface area contributed by atoms with Crippen LogP contribution in [-0.4, -0.2) is 91.0 Å². The lowest BCUT2D eigenvalue weighted by atomic mass is 9.94. The SMILES string of the molecule is COc1cc(N2CCC(CN3CCN(c4ccc(N5CCC(=O)NC5=O)cc4)CC3)CC2)c(-c2cnn(C)c2)cc1[N+](=O)[O-]. The molecular weight excluding hydrogens is 564 g/mol. The highest BCUT2D eigenvalue weighted by Crippen LogP contribution is 2.41. The monoisotopic (exact) mass is 602 g/mol. The van der Waals surface area contributed by atoms with Crippen LogP contribution in [-0.2, 0) is 11.8 Å². The van der Waals surface area contributed by atoms with Crippen molar-refractivity contribution in [1.29, 1.82) is 0 Å². The minimum absolute atomic E-state index is 0.0489. The number of piperidine rings is 1. The van der Waals surface area contributed by atoms with Crippen LogP contribution < -0.4 is 24.8 Å². The van der Waals surface area contributed by atoms with Crippen LogP contribution in [0.4, 0.5) is 27.5 Å². The zero-order valence-corrected chi connectivity index (χ0v) is 25.1. The highest BCUT2D eigenvalue weighted by molar-refractivity contribution is 6.05. The number of aryl methyl sites for hydroxylation is 1. The lowest BCUT2D eigenvalue weighted by molar-refractivity contribution is -0.385. The largest absolute Gasteiger partial charge is 0.490 e. The maximum atomic E-state index is 12.2. The predicted molar refractivity (Wildman–Crippen MR) is 167 cm³/mol. The number of hydrogen-bond acceptors (Lipinski definition) is 9. The number of urea groups is 1. The molecule has 3 aliphatic rings. The van der Waals surface area contributed by atoms with Crippen LogP contribution in [0.3, 0.4) is 0 Å². The van der Waals surface area contributed by atoms with E-state index in [0.717, 1.165) is 86.8 Å². The van der Waals surface area contributed by atoms with Crippen LogP contribution in [0.5, 0.6) is 5.75 Å². The van der Waals surface area contributed by atoms with Crippen molar-refractivity contribution in [3.05, 3.63) is 58.9 Å². The summed E-state index contributed by atoms with van der Waals surface area (Å²) < 4.78 is 7.11. The molecule has 0 saturated carbocycles.